The molecule has 1 atom stereocenters. The molecule has 0 saturated carbocycles. The molecule has 136 valence electrons. The summed E-state index contributed by atoms with van der Waals surface area (Å²) in [5.41, 5.74) is 1.60. The second kappa shape index (κ2) is 6.55. The number of aromatic amines is 1. The van der Waals surface area contributed by atoms with E-state index in [1.54, 1.807) is 18.2 Å². The monoisotopic (exact) mass is 363 g/mol. The van der Waals surface area contributed by atoms with Gasteiger partial charge < -0.3 is 4.74 Å². The van der Waals surface area contributed by atoms with Crippen molar-refractivity contribution >= 4 is 10.0 Å². The highest BCUT2D eigenvalue weighted by atomic mass is 32.2. The van der Waals surface area contributed by atoms with Crippen LogP contribution in [-0.4, -0.2) is 47.7 Å². The molecule has 2 heterocycles. The van der Waals surface area contributed by atoms with Gasteiger partial charge in [0, 0.05) is 6.54 Å². The number of hydrogen-bond donors (Lipinski definition) is 1. The van der Waals surface area contributed by atoms with E-state index < -0.39 is 15.6 Å². The average Bonchev–Trinajstić information content (AvgIpc) is 2.89. The van der Waals surface area contributed by atoms with Crippen LogP contribution in [0.25, 0.3) is 0 Å². The summed E-state index contributed by atoms with van der Waals surface area (Å²) in [7, 11) is -3.65. The summed E-state index contributed by atoms with van der Waals surface area (Å²) in [6.45, 7) is 7.93. The summed E-state index contributed by atoms with van der Waals surface area (Å²) in [6, 6.07) is 10.00. The molecule has 0 bridgehead atoms. The summed E-state index contributed by atoms with van der Waals surface area (Å²) in [5.74, 6) is 0. The van der Waals surface area contributed by atoms with E-state index in [0.29, 0.717) is 31.0 Å². The molecular formula is C18H25N3O3S. The zero-order chi connectivity index (χ0) is 18.2. The number of morpholine rings is 1. The smallest absolute Gasteiger partial charge is 0.247 e. The summed E-state index contributed by atoms with van der Waals surface area (Å²) in [4.78, 5) is 0.279. The van der Waals surface area contributed by atoms with Gasteiger partial charge in [0.15, 0.2) is 0 Å². The van der Waals surface area contributed by atoms with Crippen molar-refractivity contribution in [2.24, 2.45) is 0 Å². The summed E-state index contributed by atoms with van der Waals surface area (Å²) in [6.07, 6.45) is 0.518. The number of benzene rings is 1. The van der Waals surface area contributed by atoms with E-state index in [2.05, 4.69) is 10.2 Å². The molecule has 2 aromatic rings. The lowest BCUT2D eigenvalue weighted by Crippen LogP contribution is -2.58. The summed E-state index contributed by atoms with van der Waals surface area (Å²) >= 11 is 0. The van der Waals surface area contributed by atoms with Crippen LogP contribution in [0.1, 0.15) is 30.8 Å². The Morgan fingerprint density at radius 3 is 2.56 bits per heavy atom. The number of hydrogen-bond acceptors (Lipinski definition) is 4. The molecule has 6 nitrogen and oxygen atoms in total. The number of rotatable bonds is 4. The van der Waals surface area contributed by atoms with E-state index in [1.807, 2.05) is 44.2 Å². The third-order valence-electron chi connectivity index (χ3n) is 4.63. The SMILES string of the molecule is Cc1n[nH]c(C)c1S(=O)(=O)N1CC(Cc2ccccc2)OCC1(C)C. The van der Waals surface area contributed by atoms with Crippen molar-refractivity contribution < 1.29 is 13.2 Å². The minimum absolute atomic E-state index is 0.169. The van der Waals surface area contributed by atoms with E-state index in [0.717, 1.165) is 5.56 Å². The van der Waals surface area contributed by atoms with Crippen molar-refractivity contribution in [3.8, 4) is 0 Å². The highest BCUT2D eigenvalue weighted by Crippen LogP contribution is 2.32. The Bertz CT molecular complexity index is 824. The Kier molecular flexibility index (Phi) is 4.74. The van der Waals surface area contributed by atoms with Crippen LogP contribution in [0.2, 0.25) is 0 Å². The molecule has 0 amide bonds. The van der Waals surface area contributed by atoms with Crippen LogP contribution >= 0.6 is 0 Å². The van der Waals surface area contributed by atoms with Crippen molar-refractivity contribution in [2.75, 3.05) is 13.2 Å². The number of H-pyrrole nitrogens is 1. The third-order valence-corrected chi connectivity index (χ3v) is 6.97. The van der Waals surface area contributed by atoms with Gasteiger partial charge >= 0.3 is 0 Å². The summed E-state index contributed by atoms with van der Waals surface area (Å²) in [5, 5.41) is 6.82. The third kappa shape index (κ3) is 3.49. The predicted octanol–water partition coefficient (Wildman–Crippen LogP) is 2.44. The summed E-state index contributed by atoms with van der Waals surface area (Å²) < 4.78 is 34.2. The number of aryl methyl sites for hydroxylation is 2. The number of ether oxygens (including phenoxy) is 1. The predicted molar refractivity (Wildman–Crippen MR) is 95.9 cm³/mol. The molecule has 0 radical (unpaired) electrons. The number of nitrogens with zero attached hydrogens (tertiary/aromatic N) is 2. The molecule has 0 spiro atoms. The van der Waals surface area contributed by atoms with Gasteiger partial charge in [-0.1, -0.05) is 30.3 Å². The maximum Gasteiger partial charge on any atom is 0.247 e. The molecule has 3 rings (SSSR count). The van der Waals surface area contributed by atoms with Crippen molar-refractivity contribution in [1.82, 2.24) is 14.5 Å². The maximum absolute atomic E-state index is 13.3. The van der Waals surface area contributed by atoms with Gasteiger partial charge in [-0.25, -0.2) is 8.42 Å². The first-order valence-corrected chi connectivity index (χ1v) is 9.86. The fourth-order valence-corrected chi connectivity index (χ4v) is 5.47. The molecule has 1 aliphatic rings. The van der Waals surface area contributed by atoms with Crippen LogP contribution in [0.4, 0.5) is 0 Å². The van der Waals surface area contributed by atoms with Gasteiger partial charge in [-0.15, -0.1) is 0 Å². The Labute approximate surface area is 149 Å². The van der Waals surface area contributed by atoms with Crippen LogP contribution in [0.3, 0.4) is 0 Å². The Balaban J connectivity index is 1.90. The van der Waals surface area contributed by atoms with Gasteiger partial charge in [0.25, 0.3) is 0 Å². The van der Waals surface area contributed by atoms with Gasteiger partial charge in [0.1, 0.15) is 4.90 Å². The molecule has 1 aromatic carbocycles. The van der Waals surface area contributed by atoms with E-state index in [1.165, 1.54) is 0 Å². The fraction of sp³-hybridized carbons (Fsp3) is 0.500. The zero-order valence-corrected chi connectivity index (χ0v) is 15.9. The molecule has 25 heavy (non-hydrogen) atoms. The van der Waals surface area contributed by atoms with Gasteiger partial charge in [-0.05, 0) is 39.7 Å². The highest BCUT2D eigenvalue weighted by molar-refractivity contribution is 7.89. The number of sulfonamides is 1. The number of nitrogens with one attached hydrogen (secondary N) is 1. The van der Waals surface area contributed by atoms with E-state index >= 15 is 0 Å². The Morgan fingerprint density at radius 2 is 1.96 bits per heavy atom. The minimum Gasteiger partial charge on any atom is -0.375 e. The minimum atomic E-state index is -3.65. The molecule has 1 fully saturated rings. The van der Waals surface area contributed by atoms with Gasteiger partial charge in [-0.3, -0.25) is 5.10 Å². The number of aromatic nitrogens is 2. The lowest BCUT2D eigenvalue weighted by atomic mass is 10.0. The second-order valence-corrected chi connectivity index (χ2v) is 9.03. The molecule has 1 saturated heterocycles. The van der Waals surface area contributed by atoms with Crippen LogP contribution < -0.4 is 0 Å². The van der Waals surface area contributed by atoms with Crippen LogP contribution in [0.15, 0.2) is 35.2 Å². The molecule has 1 N–H and O–H groups in total. The standard InChI is InChI=1S/C18H25N3O3S/c1-13-17(14(2)20-19-13)25(22,23)21-11-16(24-12-18(21,3)4)10-15-8-6-5-7-9-15/h5-9,16H,10-12H2,1-4H3,(H,19,20). The van der Waals surface area contributed by atoms with Gasteiger partial charge in [0.05, 0.1) is 29.6 Å². The maximum atomic E-state index is 13.3. The van der Waals surface area contributed by atoms with Crippen molar-refractivity contribution in [3.63, 3.8) is 0 Å². The van der Waals surface area contributed by atoms with Crippen molar-refractivity contribution in [3.05, 3.63) is 47.3 Å². The van der Waals surface area contributed by atoms with Crippen molar-refractivity contribution in [1.29, 1.82) is 0 Å². The van der Waals surface area contributed by atoms with Gasteiger partial charge in [0.2, 0.25) is 10.0 Å². The highest BCUT2D eigenvalue weighted by Gasteiger charge is 2.44. The van der Waals surface area contributed by atoms with Gasteiger partial charge in [-0.2, -0.15) is 9.40 Å². The van der Waals surface area contributed by atoms with E-state index in [9.17, 15) is 8.42 Å². The lowest BCUT2D eigenvalue weighted by Gasteiger charge is -2.44. The lowest BCUT2D eigenvalue weighted by molar-refractivity contribution is -0.0629. The Morgan fingerprint density at radius 1 is 1.28 bits per heavy atom. The Hall–Kier alpha value is -1.70. The zero-order valence-electron chi connectivity index (χ0n) is 15.1. The second-order valence-electron chi connectivity index (χ2n) is 7.23. The molecule has 7 heteroatoms. The molecule has 1 aliphatic heterocycles. The fourth-order valence-electron chi connectivity index (χ4n) is 3.33. The topological polar surface area (TPSA) is 75.3 Å². The molecule has 1 aromatic heterocycles. The molecular weight excluding hydrogens is 338 g/mol. The van der Waals surface area contributed by atoms with Crippen LogP contribution in [-0.2, 0) is 21.2 Å². The normalized spacial score (nSPS) is 21.4. The van der Waals surface area contributed by atoms with Crippen LogP contribution in [0.5, 0.6) is 0 Å². The quantitative estimate of drug-likeness (QED) is 0.905. The van der Waals surface area contributed by atoms with Crippen molar-refractivity contribution in [2.45, 2.75) is 50.7 Å². The van der Waals surface area contributed by atoms with Crippen LogP contribution in [0, 0.1) is 13.8 Å². The van der Waals surface area contributed by atoms with E-state index in [-0.39, 0.29) is 11.0 Å². The largest absolute Gasteiger partial charge is 0.375 e. The first-order chi connectivity index (χ1) is 11.7. The first kappa shape index (κ1) is 18.1. The van der Waals surface area contributed by atoms with E-state index in [4.69, 9.17) is 4.74 Å². The molecule has 1 unspecified atom stereocenters. The average molecular weight is 363 g/mol. The first-order valence-electron chi connectivity index (χ1n) is 8.42. The molecule has 0 aliphatic carbocycles.